The summed E-state index contributed by atoms with van der Waals surface area (Å²) in [6.45, 7) is 7.32. The first-order valence-corrected chi connectivity index (χ1v) is 5.93. The van der Waals surface area contributed by atoms with Gasteiger partial charge in [0.1, 0.15) is 5.69 Å². The van der Waals surface area contributed by atoms with E-state index in [1.54, 1.807) is 12.3 Å². The second-order valence-corrected chi connectivity index (χ2v) is 4.60. The van der Waals surface area contributed by atoms with Crippen LogP contribution in [0.4, 0.5) is 5.69 Å². The summed E-state index contributed by atoms with van der Waals surface area (Å²) >= 11 is 0. The van der Waals surface area contributed by atoms with Crippen LogP contribution in [-0.4, -0.2) is 36.1 Å². The summed E-state index contributed by atoms with van der Waals surface area (Å²) in [5.41, 5.74) is 1.57. The van der Waals surface area contributed by atoms with E-state index in [2.05, 4.69) is 23.7 Å². The lowest BCUT2D eigenvalue weighted by Crippen LogP contribution is -2.47. The van der Waals surface area contributed by atoms with E-state index in [1.165, 1.54) is 6.92 Å². The highest BCUT2D eigenvalue weighted by atomic mass is 16.5. The van der Waals surface area contributed by atoms with Crippen molar-refractivity contribution in [3.05, 3.63) is 24.0 Å². The Morgan fingerprint density at radius 1 is 1.47 bits per heavy atom. The Morgan fingerprint density at radius 3 is 2.82 bits per heavy atom. The average molecular weight is 234 g/mol. The third-order valence-electron chi connectivity index (χ3n) is 3.05. The molecule has 1 aromatic heterocycles. The second kappa shape index (κ2) is 4.84. The van der Waals surface area contributed by atoms with Crippen molar-refractivity contribution in [2.24, 2.45) is 0 Å². The molecule has 1 fully saturated rings. The van der Waals surface area contributed by atoms with Gasteiger partial charge in [-0.25, -0.2) is 0 Å². The number of morpholine rings is 1. The largest absolute Gasteiger partial charge is 0.375 e. The van der Waals surface area contributed by atoms with Crippen LogP contribution in [0, 0.1) is 0 Å². The predicted molar refractivity (Wildman–Crippen MR) is 66.5 cm³/mol. The Hall–Kier alpha value is -1.42. The van der Waals surface area contributed by atoms with E-state index in [1.807, 2.05) is 6.07 Å². The third kappa shape index (κ3) is 2.64. The zero-order chi connectivity index (χ0) is 12.4. The van der Waals surface area contributed by atoms with Crippen molar-refractivity contribution in [1.82, 2.24) is 4.98 Å². The van der Waals surface area contributed by atoms with Crippen molar-refractivity contribution in [2.45, 2.75) is 32.9 Å². The molecular weight excluding hydrogens is 216 g/mol. The number of nitrogens with zero attached hydrogens (tertiary/aromatic N) is 2. The summed E-state index contributed by atoms with van der Waals surface area (Å²) in [6, 6.07) is 4.08. The number of Topliss-reactive ketones (excluding diaryl/α,β-unsaturated/α-hetero) is 1. The summed E-state index contributed by atoms with van der Waals surface area (Å²) in [7, 11) is 0. The van der Waals surface area contributed by atoms with Gasteiger partial charge in [0, 0.05) is 19.5 Å². The highest BCUT2D eigenvalue weighted by molar-refractivity contribution is 5.92. The van der Waals surface area contributed by atoms with Crippen molar-refractivity contribution < 1.29 is 9.53 Å². The van der Waals surface area contributed by atoms with E-state index in [9.17, 15) is 4.79 Å². The number of anilines is 1. The van der Waals surface area contributed by atoms with Crippen molar-refractivity contribution in [2.75, 3.05) is 18.1 Å². The van der Waals surface area contributed by atoms with Crippen LogP contribution in [0.5, 0.6) is 0 Å². The van der Waals surface area contributed by atoms with Gasteiger partial charge >= 0.3 is 0 Å². The molecule has 92 valence electrons. The van der Waals surface area contributed by atoms with Crippen LogP contribution >= 0.6 is 0 Å². The molecule has 2 rings (SSSR count). The molecule has 0 N–H and O–H groups in total. The molecule has 2 atom stereocenters. The van der Waals surface area contributed by atoms with Crippen molar-refractivity contribution >= 4 is 11.5 Å². The Bertz CT molecular complexity index is 402. The first-order chi connectivity index (χ1) is 8.08. The third-order valence-corrected chi connectivity index (χ3v) is 3.05. The van der Waals surface area contributed by atoms with Crippen LogP contribution in [0.15, 0.2) is 18.3 Å². The van der Waals surface area contributed by atoms with Crippen molar-refractivity contribution in [3.8, 4) is 0 Å². The maximum absolute atomic E-state index is 11.2. The molecule has 0 amide bonds. The first-order valence-electron chi connectivity index (χ1n) is 5.93. The Kier molecular flexibility index (Phi) is 3.43. The molecule has 4 heteroatoms. The van der Waals surface area contributed by atoms with Gasteiger partial charge in [-0.15, -0.1) is 0 Å². The van der Waals surface area contributed by atoms with Crippen molar-refractivity contribution in [1.29, 1.82) is 0 Å². The van der Waals surface area contributed by atoms with Crippen LogP contribution in [0.1, 0.15) is 31.3 Å². The minimum atomic E-state index is -0.0000518. The molecule has 1 saturated heterocycles. The van der Waals surface area contributed by atoms with E-state index in [-0.39, 0.29) is 11.9 Å². The van der Waals surface area contributed by atoms with Gasteiger partial charge < -0.3 is 9.64 Å². The molecule has 1 aliphatic heterocycles. The van der Waals surface area contributed by atoms with Crippen molar-refractivity contribution in [3.63, 3.8) is 0 Å². The molecule has 1 aliphatic rings. The molecule has 17 heavy (non-hydrogen) atoms. The molecule has 4 nitrogen and oxygen atoms in total. The smallest absolute Gasteiger partial charge is 0.178 e. The van der Waals surface area contributed by atoms with Gasteiger partial charge in [0.25, 0.3) is 0 Å². The van der Waals surface area contributed by atoms with Crippen LogP contribution in [0.2, 0.25) is 0 Å². The van der Waals surface area contributed by atoms with Crippen LogP contribution in [-0.2, 0) is 4.74 Å². The molecule has 1 aromatic rings. The number of carbonyl (C=O) groups excluding carboxylic acids is 1. The standard InChI is InChI=1S/C13H18N2O2/c1-9-8-17-10(2)7-15(9)12-4-5-13(11(3)16)14-6-12/h4-6,9-10H,7-8H2,1-3H3. The number of hydrogen-bond donors (Lipinski definition) is 0. The van der Waals surface area contributed by atoms with E-state index in [0.29, 0.717) is 11.7 Å². The number of ketones is 1. The zero-order valence-corrected chi connectivity index (χ0v) is 10.5. The highest BCUT2D eigenvalue weighted by Gasteiger charge is 2.23. The minimum absolute atomic E-state index is 0.0000518. The van der Waals surface area contributed by atoms with E-state index < -0.39 is 0 Å². The van der Waals surface area contributed by atoms with E-state index >= 15 is 0 Å². The first kappa shape index (κ1) is 12.0. The van der Waals surface area contributed by atoms with Gasteiger partial charge in [0.15, 0.2) is 5.78 Å². The fraction of sp³-hybridized carbons (Fsp3) is 0.538. The highest BCUT2D eigenvalue weighted by Crippen LogP contribution is 2.21. The molecule has 2 heterocycles. The zero-order valence-electron chi connectivity index (χ0n) is 10.5. The van der Waals surface area contributed by atoms with E-state index in [4.69, 9.17) is 4.74 Å². The van der Waals surface area contributed by atoms with Gasteiger partial charge in [0.2, 0.25) is 0 Å². The average Bonchev–Trinajstić information content (AvgIpc) is 2.32. The Labute approximate surface area is 102 Å². The van der Waals surface area contributed by atoms with E-state index in [0.717, 1.165) is 18.8 Å². The summed E-state index contributed by atoms with van der Waals surface area (Å²) in [4.78, 5) is 17.6. The number of carbonyl (C=O) groups is 1. The predicted octanol–water partition coefficient (Wildman–Crippen LogP) is 1.90. The lowest BCUT2D eigenvalue weighted by molar-refractivity contribution is 0.0343. The molecule has 0 radical (unpaired) electrons. The molecule has 0 bridgehead atoms. The number of rotatable bonds is 2. The fourth-order valence-electron chi connectivity index (χ4n) is 2.03. The van der Waals surface area contributed by atoms with Crippen LogP contribution in [0.25, 0.3) is 0 Å². The van der Waals surface area contributed by atoms with Gasteiger partial charge in [-0.05, 0) is 26.0 Å². The lowest BCUT2D eigenvalue weighted by Gasteiger charge is -2.38. The Balaban J connectivity index is 2.18. The number of aromatic nitrogens is 1. The molecule has 0 aliphatic carbocycles. The van der Waals surface area contributed by atoms with Crippen LogP contribution < -0.4 is 4.90 Å². The van der Waals surface area contributed by atoms with Gasteiger partial charge in [-0.1, -0.05) is 0 Å². The molecule has 0 spiro atoms. The Morgan fingerprint density at radius 2 is 2.24 bits per heavy atom. The quantitative estimate of drug-likeness (QED) is 0.733. The van der Waals surface area contributed by atoms with Gasteiger partial charge in [0.05, 0.1) is 24.6 Å². The lowest BCUT2D eigenvalue weighted by atomic mass is 10.1. The topological polar surface area (TPSA) is 42.4 Å². The molecule has 0 aromatic carbocycles. The van der Waals surface area contributed by atoms with Gasteiger partial charge in [-0.3, -0.25) is 9.78 Å². The molecule has 0 saturated carbocycles. The number of hydrogen-bond acceptors (Lipinski definition) is 4. The van der Waals surface area contributed by atoms with Crippen LogP contribution in [0.3, 0.4) is 0 Å². The summed E-state index contributed by atoms with van der Waals surface area (Å²) in [5.74, 6) is -0.0000518. The fourth-order valence-corrected chi connectivity index (χ4v) is 2.03. The summed E-state index contributed by atoms with van der Waals surface area (Å²) in [6.07, 6.45) is 2.00. The molecular formula is C13H18N2O2. The number of pyridine rings is 1. The minimum Gasteiger partial charge on any atom is -0.375 e. The normalized spacial score (nSPS) is 24.8. The summed E-state index contributed by atoms with van der Waals surface area (Å²) < 4.78 is 5.59. The summed E-state index contributed by atoms with van der Waals surface area (Å²) in [5, 5.41) is 0. The maximum atomic E-state index is 11.2. The monoisotopic (exact) mass is 234 g/mol. The molecule has 2 unspecified atom stereocenters. The SMILES string of the molecule is CC(=O)c1ccc(N2CC(C)OCC2C)cn1. The second-order valence-electron chi connectivity index (χ2n) is 4.60. The maximum Gasteiger partial charge on any atom is 0.178 e. The number of ether oxygens (including phenoxy) is 1. The van der Waals surface area contributed by atoms with Gasteiger partial charge in [-0.2, -0.15) is 0 Å².